The Morgan fingerprint density at radius 3 is 2.59 bits per heavy atom. The molecule has 2 rings (SSSR count). The van der Waals surface area contributed by atoms with E-state index >= 15 is 0 Å². The number of carbonyl (C=O) groups is 1. The smallest absolute Gasteiger partial charge is 0.328 e. The van der Waals surface area contributed by atoms with E-state index in [0.717, 1.165) is 11.3 Å². The van der Waals surface area contributed by atoms with Crippen LogP contribution in [0.5, 0.6) is 5.75 Å². The van der Waals surface area contributed by atoms with Crippen molar-refractivity contribution in [2.75, 3.05) is 30.4 Å². The van der Waals surface area contributed by atoms with Gasteiger partial charge in [-0.15, -0.1) is 6.58 Å². The second kappa shape index (κ2) is 8.98. The zero-order chi connectivity index (χ0) is 20.0. The lowest BCUT2D eigenvalue weighted by Gasteiger charge is -2.18. The van der Waals surface area contributed by atoms with Gasteiger partial charge in [-0.3, -0.25) is 4.90 Å². The van der Waals surface area contributed by atoms with Gasteiger partial charge in [0.2, 0.25) is 0 Å². The molecule has 1 heterocycles. The van der Waals surface area contributed by atoms with Crippen molar-refractivity contribution in [3.8, 4) is 5.75 Å². The van der Waals surface area contributed by atoms with Crippen LogP contribution in [0.1, 0.15) is 12.6 Å². The Hall–Kier alpha value is -2.43. The molecule has 0 atom stereocenters. The van der Waals surface area contributed by atoms with E-state index < -0.39 is 16.1 Å². The molecule has 0 saturated heterocycles. The van der Waals surface area contributed by atoms with Crippen molar-refractivity contribution in [1.29, 1.82) is 0 Å². The number of benzene rings is 1. The zero-order valence-electron chi connectivity index (χ0n) is 15.4. The van der Waals surface area contributed by atoms with Gasteiger partial charge in [0.05, 0.1) is 12.3 Å². The van der Waals surface area contributed by atoms with Crippen molar-refractivity contribution in [3.05, 3.63) is 42.6 Å². The minimum absolute atomic E-state index is 0.0722. The fourth-order valence-corrected chi connectivity index (χ4v) is 4.54. The van der Waals surface area contributed by atoms with Crippen LogP contribution in [0.3, 0.4) is 0 Å². The molecule has 0 aliphatic rings. The molecule has 0 radical (unpaired) electrons. The number of carbonyl (C=O) groups excluding carboxylic acids is 1. The third-order valence-electron chi connectivity index (χ3n) is 3.46. The molecule has 1 aromatic carbocycles. The van der Waals surface area contributed by atoms with Crippen molar-refractivity contribution < 1.29 is 17.9 Å². The number of amides is 2. The number of aryl methyl sites for hydroxylation is 1. The molecule has 2 amide bonds. The van der Waals surface area contributed by atoms with Gasteiger partial charge in [0.25, 0.3) is 10.0 Å². The van der Waals surface area contributed by atoms with Crippen LogP contribution < -0.4 is 19.7 Å². The number of hydrogen-bond acceptors (Lipinski definition) is 6. The van der Waals surface area contributed by atoms with Gasteiger partial charge >= 0.3 is 6.03 Å². The average molecular weight is 411 g/mol. The number of nitrogens with one attached hydrogen (secondary N) is 2. The molecular weight excluding hydrogens is 388 g/mol. The minimum atomic E-state index is -3.64. The largest absolute Gasteiger partial charge is 0.494 e. The third kappa shape index (κ3) is 5.06. The summed E-state index contributed by atoms with van der Waals surface area (Å²) in [4.78, 5) is 18.3. The van der Waals surface area contributed by atoms with Gasteiger partial charge in [-0.05, 0) is 45.2 Å². The van der Waals surface area contributed by atoms with Crippen molar-refractivity contribution >= 4 is 38.2 Å². The van der Waals surface area contributed by atoms with Crippen molar-refractivity contribution in [3.63, 3.8) is 0 Å². The maximum Gasteiger partial charge on any atom is 0.328 e. The van der Waals surface area contributed by atoms with Crippen LogP contribution in [0.25, 0.3) is 0 Å². The van der Waals surface area contributed by atoms with Gasteiger partial charge in [-0.2, -0.15) is 0 Å². The zero-order valence-corrected chi connectivity index (χ0v) is 17.0. The molecule has 0 bridgehead atoms. The van der Waals surface area contributed by atoms with Crippen LogP contribution in [0, 0.1) is 6.92 Å². The van der Waals surface area contributed by atoms with Crippen molar-refractivity contribution in [2.24, 2.45) is 0 Å². The van der Waals surface area contributed by atoms with Gasteiger partial charge < -0.3 is 10.1 Å². The third-order valence-corrected chi connectivity index (χ3v) is 6.66. The molecule has 0 aliphatic heterocycles. The number of aromatic nitrogens is 1. The van der Waals surface area contributed by atoms with Crippen LogP contribution in [0.15, 0.2) is 41.1 Å². The lowest BCUT2D eigenvalue weighted by atomic mass is 10.3. The van der Waals surface area contributed by atoms with Crippen molar-refractivity contribution in [2.45, 2.75) is 18.1 Å². The highest BCUT2D eigenvalue weighted by Crippen LogP contribution is 2.30. The number of rotatable bonds is 8. The van der Waals surface area contributed by atoms with E-state index in [9.17, 15) is 13.2 Å². The SMILES string of the molecule is C=CCN(C(=O)Nc1ccc(OCC)cc1)c1nc(C)c(S(=O)(=O)NC)s1. The lowest BCUT2D eigenvalue weighted by molar-refractivity contribution is 0.257. The summed E-state index contributed by atoms with van der Waals surface area (Å²) in [6.45, 7) is 7.86. The number of nitrogens with zero attached hydrogens (tertiary/aromatic N) is 2. The van der Waals surface area contributed by atoms with E-state index in [1.54, 1.807) is 37.3 Å². The topological polar surface area (TPSA) is 101 Å². The standard InChI is InChI=1S/C17H22N4O4S2/c1-5-11-21(17-19-12(3)15(26-17)27(23,24)18-4)16(22)20-13-7-9-14(10-8-13)25-6-2/h5,7-10,18H,1,6,11H2,2-4H3,(H,20,22). The summed E-state index contributed by atoms with van der Waals surface area (Å²) in [5.74, 6) is 0.705. The highest BCUT2D eigenvalue weighted by molar-refractivity contribution is 7.91. The van der Waals surface area contributed by atoms with E-state index in [4.69, 9.17) is 4.74 Å². The predicted octanol–water partition coefficient (Wildman–Crippen LogP) is 2.98. The quantitative estimate of drug-likeness (QED) is 0.652. The Labute approximate surface area is 162 Å². The summed E-state index contributed by atoms with van der Waals surface area (Å²) >= 11 is 0.923. The Morgan fingerprint density at radius 1 is 1.37 bits per heavy atom. The normalized spacial score (nSPS) is 11.1. The molecule has 1 aromatic heterocycles. The van der Waals surface area contributed by atoms with Crippen LogP contribution in [-0.4, -0.2) is 39.6 Å². The molecule has 146 valence electrons. The first kappa shape index (κ1) is 20.9. The van der Waals surface area contributed by atoms with Gasteiger partial charge in [-0.25, -0.2) is 22.9 Å². The second-order valence-corrected chi connectivity index (χ2v) is 8.42. The highest BCUT2D eigenvalue weighted by Gasteiger charge is 2.25. The molecule has 2 N–H and O–H groups in total. The number of hydrogen-bond donors (Lipinski definition) is 2. The minimum Gasteiger partial charge on any atom is -0.494 e. The fraction of sp³-hybridized carbons (Fsp3) is 0.294. The second-order valence-electron chi connectivity index (χ2n) is 5.36. The van der Waals surface area contributed by atoms with E-state index in [0.29, 0.717) is 23.7 Å². The van der Waals surface area contributed by atoms with Crippen molar-refractivity contribution in [1.82, 2.24) is 9.71 Å². The summed E-state index contributed by atoms with van der Waals surface area (Å²) in [5.41, 5.74) is 0.904. The van der Waals surface area contributed by atoms with E-state index in [1.165, 1.54) is 11.9 Å². The Morgan fingerprint density at radius 2 is 2.04 bits per heavy atom. The van der Waals surface area contributed by atoms with E-state index in [2.05, 4.69) is 21.6 Å². The Kier molecular flexibility index (Phi) is 6.94. The van der Waals surface area contributed by atoms with Crippen LogP contribution in [0.2, 0.25) is 0 Å². The van der Waals surface area contributed by atoms with Crippen LogP contribution in [0.4, 0.5) is 15.6 Å². The first-order valence-electron chi connectivity index (χ1n) is 8.15. The molecule has 0 fully saturated rings. The predicted molar refractivity (Wildman–Crippen MR) is 107 cm³/mol. The molecule has 0 spiro atoms. The van der Waals surface area contributed by atoms with E-state index in [1.807, 2.05) is 6.92 Å². The number of sulfonamides is 1. The average Bonchev–Trinajstić information content (AvgIpc) is 3.03. The molecule has 0 aliphatic carbocycles. The monoisotopic (exact) mass is 410 g/mol. The number of ether oxygens (including phenoxy) is 1. The first-order chi connectivity index (χ1) is 12.8. The number of thiazole rings is 1. The fourth-order valence-electron chi connectivity index (χ4n) is 2.20. The van der Waals surface area contributed by atoms with E-state index in [-0.39, 0.29) is 15.9 Å². The highest BCUT2D eigenvalue weighted by atomic mass is 32.2. The van der Waals surface area contributed by atoms with Crippen LogP contribution >= 0.6 is 11.3 Å². The summed E-state index contributed by atoms with van der Waals surface area (Å²) in [7, 11) is -2.32. The first-order valence-corrected chi connectivity index (χ1v) is 10.5. The Bertz CT molecular complexity index is 908. The molecule has 8 nitrogen and oxygen atoms in total. The summed E-state index contributed by atoms with van der Waals surface area (Å²) in [5, 5.41) is 3.03. The molecular formula is C17H22N4O4S2. The van der Waals surface area contributed by atoms with Gasteiger partial charge in [0, 0.05) is 12.2 Å². The molecule has 0 unspecified atom stereocenters. The summed E-state index contributed by atoms with van der Waals surface area (Å²) in [6, 6.07) is 6.50. The van der Waals surface area contributed by atoms with Gasteiger partial charge in [0.15, 0.2) is 9.34 Å². The van der Waals surface area contributed by atoms with Gasteiger partial charge in [-0.1, -0.05) is 17.4 Å². The Balaban J connectivity index is 2.25. The molecule has 2 aromatic rings. The lowest BCUT2D eigenvalue weighted by Crippen LogP contribution is -2.35. The maximum absolute atomic E-state index is 12.7. The number of anilines is 2. The summed E-state index contributed by atoms with van der Waals surface area (Å²) in [6.07, 6.45) is 1.54. The molecule has 0 saturated carbocycles. The summed E-state index contributed by atoms with van der Waals surface area (Å²) < 4.78 is 31.8. The molecule has 27 heavy (non-hydrogen) atoms. The molecule has 10 heteroatoms. The maximum atomic E-state index is 12.7. The number of urea groups is 1. The van der Waals surface area contributed by atoms with Crippen LogP contribution in [-0.2, 0) is 10.0 Å². The van der Waals surface area contributed by atoms with Gasteiger partial charge in [0.1, 0.15) is 5.75 Å².